The largest absolute Gasteiger partial charge is 0.375 e. The highest BCUT2D eigenvalue weighted by molar-refractivity contribution is 5.52. The van der Waals surface area contributed by atoms with E-state index in [0.29, 0.717) is 25.1 Å². The number of hydrogen-bond donors (Lipinski definition) is 1. The molecule has 3 unspecified atom stereocenters. The zero-order valence-electron chi connectivity index (χ0n) is 12.9. The Morgan fingerprint density at radius 1 is 1.38 bits per heavy atom. The van der Waals surface area contributed by atoms with Crippen molar-refractivity contribution in [1.29, 1.82) is 0 Å². The summed E-state index contributed by atoms with van der Waals surface area (Å²) in [6.07, 6.45) is 1.22. The van der Waals surface area contributed by atoms with Crippen LogP contribution in [0.25, 0.3) is 0 Å². The minimum atomic E-state index is -0.516. The molecule has 118 valence electrons. The third-order valence-corrected chi connectivity index (χ3v) is 3.86. The van der Waals surface area contributed by atoms with Crippen molar-refractivity contribution in [3.05, 3.63) is 29.3 Å². The predicted octanol–water partition coefficient (Wildman–Crippen LogP) is 2.86. The van der Waals surface area contributed by atoms with Crippen molar-refractivity contribution in [1.82, 2.24) is 0 Å². The van der Waals surface area contributed by atoms with E-state index in [0.717, 1.165) is 6.42 Å². The molecule has 1 heterocycles. The molecule has 0 aliphatic carbocycles. The van der Waals surface area contributed by atoms with Gasteiger partial charge in [0.2, 0.25) is 0 Å². The van der Waals surface area contributed by atoms with E-state index in [-0.39, 0.29) is 23.9 Å². The van der Waals surface area contributed by atoms with E-state index in [4.69, 9.17) is 10.5 Å². The molecule has 0 aromatic heterocycles. The maximum absolute atomic E-state index is 14.4. The Labute approximate surface area is 125 Å². The third-order valence-electron chi connectivity index (χ3n) is 3.86. The lowest BCUT2D eigenvalue weighted by Crippen LogP contribution is -2.49. The van der Waals surface area contributed by atoms with E-state index in [2.05, 4.69) is 0 Å². The summed E-state index contributed by atoms with van der Waals surface area (Å²) in [4.78, 5) is 1.80. The van der Waals surface area contributed by atoms with Crippen molar-refractivity contribution in [3.8, 4) is 0 Å². The molecule has 0 radical (unpaired) electrons. The Kier molecular flexibility index (Phi) is 5.17. The van der Waals surface area contributed by atoms with E-state index < -0.39 is 11.6 Å². The first kappa shape index (κ1) is 16.2. The van der Waals surface area contributed by atoms with Crippen LogP contribution in [0.1, 0.15) is 32.8 Å². The van der Waals surface area contributed by atoms with Crippen LogP contribution >= 0.6 is 0 Å². The van der Waals surface area contributed by atoms with E-state index in [1.165, 1.54) is 12.1 Å². The molecule has 2 N–H and O–H groups in total. The fourth-order valence-corrected chi connectivity index (χ4v) is 2.84. The summed E-state index contributed by atoms with van der Waals surface area (Å²) in [7, 11) is 0. The molecule has 1 fully saturated rings. The number of nitrogens with zero attached hydrogens (tertiary/aromatic N) is 1. The number of rotatable bonds is 4. The number of halogens is 2. The highest BCUT2D eigenvalue weighted by Gasteiger charge is 2.30. The molecular formula is C16H24F2N2O. The van der Waals surface area contributed by atoms with Crippen LogP contribution in [0, 0.1) is 11.6 Å². The second-order valence-electron chi connectivity index (χ2n) is 5.95. The Balaban J connectivity index is 2.33. The predicted molar refractivity (Wildman–Crippen MR) is 80.6 cm³/mol. The van der Waals surface area contributed by atoms with Crippen LogP contribution in [-0.2, 0) is 11.2 Å². The van der Waals surface area contributed by atoms with Gasteiger partial charge in [0.1, 0.15) is 17.3 Å². The maximum atomic E-state index is 14.4. The fraction of sp³-hybridized carbons (Fsp3) is 0.625. The zero-order valence-corrected chi connectivity index (χ0v) is 12.9. The molecule has 0 bridgehead atoms. The van der Waals surface area contributed by atoms with Gasteiger partial charge in [0.05, 0.1) is 18.8 Å². The quantitative estimate of drug-likeness (QED) is 0.929. The summed E-state index contributed by atoms with van der Waals surface area (Å²) in [5.74, 6) is -1.03. The van der Waals surface area contributed by atoms with Crippen molar-refractivity contribution in [2.45, 2.75) is 51.8 Å². The topological polar surface area (TPSA) is 38.5 Å². The highest BCUT2D eigenvalue weighted by atomic mass is 19.1. The second kappa shape index (κ2) is 6.71. The van der Waals surface area contributed by atoms with E-state index in [1.54, 1.807) is 4.90 Å². The summed E-state index contributed by atoms with van der Waals surface area (Å²) >= 11 is 0. The van der Waals surface area contributed by atoms with Gasteiger partial charge in [0.15, 0.2) is 0 Å². The molecule has 1 aromatic carbocycles. The molecule has 0 amide bonds. The Morgan fingerprint density at radius 2 is 2.00 bits per heavy atom. The molecule has 21 heavy (non-hydrogen) atoms. The van der Waals surface area contributed by atoms with Gasteiger partial charge in [0, 0.05) is 12.6 Å². The van der Waals surface area contributed by atoms with Gasteiger partial charge in [-0.05, 0) is 44.4 Å². The molecule has 3 nitrogen and oxygen atoms in total. The Morgan fingerprint density at radius 3 is 2.52 bits per heavy atom. The van der Waals surface area contributed by atoms with Crippen molar-refractivity contribution in [2.75, 3.05) is 18.1 Å². The molecule has 0 saturated carbocycles. The van der Waals surface area contributed by atoms with Crippen molar-refractivity contribution >= 4 is 5.69 Å². The van der Waals surface area contributed by atoms with E-state index in [1.807, 2.05) is 20.8 Å². The summed E-state index contributed by atoms with van der Waals surface area (Å²) in [5.41, 5.74) is 6.35. The van der Waals surface area contributed by atoms with Crippen LogP contribution in [0.3, 0.4) is 0 Å². The van der Waals surface area contributed by atoms with Crippen LogP contribution in [0.4, 0.5) is 14.5 Å². The molecular weight excluding hydrogens is 274 g/mol. The average Bonchev–Trinajstić information content (AvgIpc) is 2.37. The lowest BCUT2D eigenvalue weighted by atomic mass is 10.0. The van der Waals surface area contributed by atoms with Crippen LogP contribution in [-0.4, -0.2) is 31.3 Å². The van der Waals surface area contributed by atoms with Gasteiger partial charge in [-0.25, -0.2) is 8.78 Å². The number of benzene rings is 1. The molecule has 3 atom stereocenters. The number of hydrogen-bond acceptors (Lipinski definition) is 3. The molecule has 5 heteroatoms. The number of nitrogens with two attached hydrogens (primary N) is 1. The molecule has 0 spiro atoms. The smallest absolute Gasteiger partial charge is 0.149 e. The summed E-state index contributed by atoms with van der Waals surface area (Å²) in [5, 5.41) is 0. The standard InChI is InChI=1S/C16H24F2N2O/c1-4-13-9-21-11(3)8-20(13)16-14(17)6-12(5-10(2)19)7-15(16)18/h6-7,10-11,13H,4-5,8-9,19H2,1-3H3. The molecule has 2 rings (SSSR count). The van der Waals surface area contributed by atoms with Crippen LogP contribution < -0.4 is 10.6 Å². The second-order valence-corrected chi connectivity index (χ2v) is 5.95. The van der Waals surface area contributed by atoms with Crippen molar-refractivity contribution in [2.24, 2.45) is 5.73 Å². The van der Waals surface area contributed by atoms with Crippen LogP contribution in [0.2, 0.25) is 0 Å². The van der Waals surface area contributed by atoms with Crippen LogP contribution in [0.5, 0.6) is 0 Å². The van der Waals surface area contributed by atoms with Gasteiger partial charge in [-0.2, -0.15) is 0 Å². The molecule has 1 saturated heterocycles. The van der Waals surface area contributed by atoms with Gasteiger partial charge in [-0.1, -0.05) is 6.92 Å². The first-order valence-electron chi connectivity index (χ1n) is 7.54. The highest BCUT2D eigenvalue weighted by Crippen LogP contribution is 2.30. The minimum absolute atomic E-state index is 0.00415. The van der Waals surface area contributed by atoms with Gasteiger partial charge in [-0.15, -0.1) is 0 Å². The van der Waals surface area contributed by atoms with Crippen molar-refractivity contribution < 1.29 is 13.5 Å². The normalized spacial score (nSPS) is 24.2. The van der Waals surface area contributed by atoms with Gasteiger partial charge in [-0.3, -0.25) is 0 Å². The lowest BCUT2D eigenvalue weighted by Gasteiger charge is -2.40. The summed E-state index contributed by atoms with van der Waals surface area (Å²) < 4.78 is 34.4. The first-order valence-corrected chi connectivity index (χ1v) is 7.54. The fourth-order valence-electron chi connectivity index (χ4n) is 2.84. The summed E-state index contributed by atoms with van der Waals surface area (Å²) in [6, 6.07) is 2.68. The Bertz CT molecular complexity index is 470. The average molecular weight is 298 g/mol. The number of morpholine rings is 1. The van der Waals surface area contributed by atoms with Crippen LogP contribution in [0.15, 0.2) is 12.1 Å². The van der Waals surface area contributed by atoms with Gasteiger partial charge >= 0.3 is 0 Å². The van der Waals surface area contributed by atoms with E-state index in [9.17, 15) is 8.78 Å². The monoisotopic (exact) mass is 298 g/mol. The molecule has 1 aliphatic rings. The number of ether oxygens (including phenoxy) is 1. The SMILES string of the molecule is CCC1COC(C)CN1c1c(F)cc(CC(C)N)cc1F. The summed E-state index contributed by atoms with van der Waals surface area (Å²) in [6.45, 7) is 6.73. The number of anilines is 1. The minimum Gasteiger partial charge on any atom is -0.375 e. The molecule has 1 aliphatic heterocycles. The van der Waals surface area contributed by atoms with Gasteiger partial charge in [0.25, 0.3) is 0 Å². The molecule has 1 aromatic rings. The van der Waals surface area contributed by atoms with Gasteiger partial charge < -0.3 is 15.4 Å². The van der Waals surface area contributed by atoms with Crippen molar-refractivity contribution in [3.63, 3.8) is 0 Å². The zero-order chi connectivity index (χ0) is 15.6. The Hall–Kier alpha value is -1.20. The lowest BCUT2D eigenvalue weighted by molar-refractivity contribution is 0.0294. The third kappa shape index (κ3) is 3.71. The first-order chi connectivity index (χ1) is 9.92. The maximum Gasteiger partial charge on any atom is 0.149 e. The van der Waals surface area contributed by atoms with E-state index >= 15 is 0 Å².